The number of nitrogens with zero attached hydrogens (tertiary/aromatic N) is 5. The van der Waals surface area contributed by atoms with Gasteiger partial charge in [0.1, 0.15) is 18.6 Å². The van der Waals surface area contributed by atoms with E-state index in [-0.39, 0.29) is 29.6 Å². The molecule has 4 aromatic rings. The molecule has 4 heterocycles. The largest absolute Gasteiger partial charge is 0.455 e. The molecule has 4 rings (SSSR count). The Morgan fingerprint density at radius 1 is 1.25 bits per heavy atom. The summed E-state index contributed by atoms with van der Waals surface area (Å²) in [5.74, 6) is -1.32. The van der Waals surface area contributed by atoms with Gasteiger partial charge in [-0.15, -0.1) is 0 Å². The normalized spacial score (nSPS) is 11.8. The maximum Gasteiger partial charge on any atom is 0.449 e. The van der Waals surface area contributed by atoms with Crippen LogP contribution in [-0.4, -0.2) is 30.1 Å². The molecule has 0 radical (unpaired) electrons. The predicted octanol–water partition coefficient (Wildman–Crippen LogP) is 3.67. The summed E-state index contributed by atoms with van der Waals surface area (Å²) in [6.45, 7) is 1.40. The molecule has 0 N–H and O–H groups in total. The number of carbonyl (C=O) groups is 1. The smallest absolute Gasteiger partial charge is 0.449 e. The number of rotatable bonds is 7. The number of ketones is 1. The van der Waals surface area contributed by atoms with Crippen molar-refractivity contribution in [1.82, 2.24) is 24.3 Å². The fourth-order valence-corrected chi connectivity index (χ4v) is 4.00. The molecule has 0 saturated carbocycles. The summed E-state index contributed by atoms with van der Waals surface area (Å²) in [6, 6.07) is 5.62. The van der Waals surface area contributed by atoms with E-state index in [0.29, 0.717) is 17.0 Å². The van der Waals surface area contributed by atoms with Crippen molar-refractivity contribution in [2.45, 2.75) is 32.5 Å². The summed E-state index contributed by atoms with van der Waals surface area (Å²) < 4.78 is 44.9. The number of hydrogen-bond donors (Lipinski definition) is 0. The highest BCUT2D eigenvalue weighted by molar-refractivity contribution is 7.16. The van der Waals surface area contributed by atoms with E-state index in [4.69, 9.17) is 4.42 Å². The van der Waals surface area contributed by atoms with E-state index < -0.39 is 17.6 Å². The van der Waals surface area contributed by atoms with Gasteiger partial charge in [0.05, 0.1) is 10.6 Å². The molecule has 0 aromatic carbocycles. The number of thiazole rings is 1. The first kappa shape index (κ1) is 21.7. The topological polar surface area (TPSA) is 95.8 Å². The summed E-state index contributed by atoms with van der Waals surface area (Å²) in [4.78, 5) is 34.0. The number of hydrogen-bond acceptors (Lipinski definition) is 7. The Labute approximate surface area is 183 Å². The summed E-state index contributed by atoms with van der Waals surface area (Å²) in [5, 5.41) is 4.17. The average Bonchev–Trinajstić information content (AvgIpc) is 3.47. The maximum absolute atomic E-state index is 12.7. The van der Waals surface area contributed by atoms with Crippen LogP contribution in [0.3, 0.4) is 0 Å². The Morgan fingerprint density at radius 3 is 2.75 bits per heavy atom. The highest BCUT2D eigenvalue weighted by Crippen LogP contribution is 2.30. The summed E-state index contributed by atoms with van der Waals surface area (Å²) in [7, 11) is 0. The zero-order valence-corrected chi connectivity index (χ0v) is 17.5. The van der Waals surface area contributed by atoms with Gasteiger partial charge < -0.3 is 4.42 Å². The fraction of sp³-hybridized carbons (Fsp3) is 0.250. The number of halogens is 3. The zero-order chi connectivity index (χ0) is 22.9. The fourth-order valence-electron chi connectivity index (χ4n) is 3.00. The Balaban J connectivity index is 1.50. The lowest BCUT2D eigenvalue weighted by Gasteiger charge is -2.01. The van der Waals surface area contributed by atoms with Gasteiger partial charge in [-0.1, -0.05) is 17.4 Å². The van der Waals surface area contributed by atoms with Crippen molar-refractivity contribution in [2.75, 3.05) is 0 Å². The molecule has 0 unspecified atom stereocenters. The predicted molar refractivity (Wildman–Crippen MR) is 108 cm³/mol. The summed E-state index contributed by atoms with van der Waals surface area (Å²) >= 11 is 1.06. The van der Waals surface area contributed by atoms with Crippen LogP contribution in [0.15, 0.2) is 52.2 Å². The second-order valence-electron chi connectivity index (χ2n) is 6.90. The van der Waals surface area contributed by atoms with E-state index >= 15 is 0 Å². The van der Waals surface area contributed by atoms with E-state index in [1.165, 1.54) is 6.33 Å². The van der Waals surface area contributed by atoms with Gasteiger partial charge in [-0.3, -0.25) is 9.78 Å². The quantitative estimate of drug-likeness (QED) is 0.388. The molecule has 4 aromatic heterocycles. The van der Waals surface area contributed by atoms with Gasteiger partial charge in [-0.05, 0) is 37.1 Å². The molecule has 0 spiro atoms. The van der Waals surface area contributed by atoms with Crippen molar-refractivity contribution < 1.29 is 22.4 Å². The first-order valence-electron chi connectivity index (χ1n) is 9.42. The van der Waals surface area contributed by atoms with E-state index in [2.05, 4.69) is 15.1 Å². The molecule has 32 heavy (non-hydrogen) atoms. The van der Waals surface area contributed by atoms with Crippen LogP contribution in [0.1, 0.15) is 38.9 Å². The minimum Gasteiger partial charge on any atom is -0.455 e. The SMILES string of the molecule is Cc1nc(-n2cnn(Cc3ccc(C(F)(F)F)o3)c2=O)sc1C(=O)CCc1cccnc1. The molecule has 166 valence electrons. The molecular weight excluding hydrogens is 447 g/mol. The Bertz CT molecular complexity index is 1300. The van der Waals surface area contributed by atoms with Crippen molar-refractivity contribution in [3.8, 4) is 5.13 Å². The molecule has 0 atom stereocenters. The highest BCUT2D eigenvalue weighted by atomic mass is 32.1. The maximum atomic E-state index is 12.7. The van der Waals surface area contributed by atoms with E-state index in [9.17, 15) is 22.8 Å². The van der Waals surface area contributed by atoms with Crippen LogP contribution < -0.4 is 5.69 Å². The molecule has 0 amide bonds. The lowest BCUT2D eigenvalue weighted by atomic mass is 10.1. The van der Waals surface area contributed by atoms with Crippen molar-refractivity contribution >= 4 is 17.1 Å². The molecule has 0 aliphatic rings. The second kappa shape index (κ2) is 8.54. The molecule has 0 bridgehead atoms. The lowest BCUT2D eigenvalue weighted by molar-refractivity contribution is -0.153. The number of aryl methyl sites for hydroxylation is 2. The van der Waals surface area contributed by atoms with E-state index in [0.717, 1.165) is 38.3 Å². The number of Topliss-reactive ketones (excluding diaryl/α,β-unsaturated/α-hetero) is 1. The van der Waals surface area contributed by atoms with Gasteiger partial charge in [-0.2, -0.15) is 18.3 Å². The Kier molecular flexibility index (Phi) is 5.78. The average molecular weight is 463 g/mol. The number of aromatic nitrogens is 5. The minimum atomic E-state index is -4.61. The first-order valence-corrected chi connectivity index (χ1v) is 10.2. The third-order valence-electron chi connectivity index (χ3n) is 4.59. The number of carbonyl (C=O) groups excluding carboxylic acids is 1. The minimum absolute atomic E-state index is 0.0636. The van der Waals surface area contributed by atoms with Gasteiger partial charge in [0, 0.05) is 18.8 Å². The monoisotopic (exact) mass is 463 g/mol. The third-order valence-corrected chi connectivity index (χ3v) is 5.79. The van der Waals surface area contributed by atoms with Crippen molar-refractivity contribution in [2.24, 2.45) is 0 Å². The molecule has 0 aliphatic heterocycles. The number of pyridine rings is 1. The van der Waals surface area contributed by atoms with Crippen LogP contribution in [0.25, 0.3) is 5.13 Å². The van der Waals surface area contributed by atoms with Crippen LogP contribution in [0.5, 0.6) is 0 Å². The van der Waals surface area contributed by atoms with Gasteiger partial charge in [0.15, 0.2) is 10.9 Å². The summed E-state index contributed by atoms with van der Waals surface area (Å²) in [6.07, 6.45) is 0.745. The molecule has 0 aliphatic carbocycles. The van der Waals surface area contributed by atoms with Crippen LogP contribution in [-0.2, 0) is 19.1 Å². The molecule has 0 saturated heterocycles. The molecule has 0 fully saturated rings. The van der Waals surface area contributed by atoms with Gasteiger partial charge in [-0.25, -0.2) is 19.0 Å². The van der Waals surface area contributed by atoms with Crippen LogP contribution >= 0.6 is 11.3 Å². The molecular formula is C20H16F3N5O3S. The standard InChI is InChI=1S/C20H16F3N5O3S/c1-12-17(15(29)6-4-13-3-2-8-24-9-13)32-18(26-12)27-11-25-28(19(27)30)10-14-5-7-16(31-14)20(21,22)23/h2-3,5,7-9,11H,4,6,10H2,1H3. The number of alkyl halides is 3. The lowest BCUT2D eigenvalue weighted by Crippen LogP contribution is -2.24. The second-order valence-corrected chi connectivity index (χ2v) is 7.88. The van der Waals surface area contributed by atoms with Gasteiger partial charge in [0.25, 0.3) is 0 Å². The molecule has 12 heteroatoms. The van der Waals surface area contributed by atoms with Crippen molar-refractivity contribution in [3.63, 3.8) is 0 Å². The Hall–Kier alpha value is -3.54. The van der Waals surface area contributed by atoms with Crippen molar-refractivity contribution in [1.29, 1.82) is 0 Å². The highest BCUT2D eigenvalue weighted by Gasteiger charge is 2.34. The van der Waals surface area contributed by atoms with Gasteiger partial charge >= 0.3 is 11.9 Å². The Morgan fingerprint density at radius 2 is 2.06 bits per heavy atom. The van der Waals surface area contributed by atoms with E-state index in [1.807, 2.05) is 6.07 Å². The first-order chi connectivity index (χ1) is 15.2. The van der Waals surface area contributed by atoms with Crippen LogP contribution in [0.2, 0.25) is 0 Å². The van der Waals surface area contributed by atoms with E-state index in [1.54, 1.807) is 25.4 Å². The molecule has 8 nitrogen and oxygen atoms in total. The van der Waals surface area contributed by atoms with Crippen LogP contribution in [0, 0.1) is 6.92 Å². The van der Waals surface area contributed by atoms with Crippen molar-refractivity contribution in [3.05, 3.63) is 81.1 Å². The van der Waals surface area contributed by atoms with Gasteiger partial charge in [0.2, 0.25) is 5.76 Å². The zero-order valence-electron chi connectivity index (χ0n) is 16.7. The number of furan rings is 1. The van der Waals surface area contributed by atoms with Crippen LogP contribution in [0.4, 0.5) is 13.2 Å². The summed E-state index contributed by atoms with van der Waals surface area (Å²) in [5.41, 5.74) is 0.812. The third kappa shape index (κ3) is 4.54.